The van der Waals surface area contributed by atoms with E-state index in [1.54, 1.807) is 37.4 Å². The Morgan fingerprint density at radius 1 is 0.903 bits per heavy atom. The zero-order valence-corrected chi connectivity index (χ0v) is 18.2. The Morgan fingerprint density at radius 3 is 2.35 bits per heavy atom. The van der Waals surface area contributed by atoms with Gasteiger partial charge in [-0.05, 0) is 60.9 Å². The number of carbonyl (C=O) groups is 2. The van der Waals surface area contributed by atoms with Crippen molar-refractivity contribution in [3.63, 3.8) is 0 Å². The normalized spacial score (nSPS) is 13.7. The van der Waals surface area contributed by atoms with Crippen molar-refractivity contribution in [2.45, 2.75) is 13.8 Å². The molecule has 31 heavy (non-hydrogen) atoms. The van der Waals surface area contributed by atoms with Gasteiger partial charge in [0.25, 0.3) is 11.8 Å². The Morgan fingerprint density at radius 2 is 1.65 bits per heavy atom. The van der Waals surface area contributed by atoms with Gasteiger partial charge < -0.3 is 10.1 Å². The van der Waals surface area contributed by atoms with E-state index >= 15 is 0 Å². The van der Waals surface area contributed by atoms with Crippen LogP contribution in [0.25, 0.3) is 5.57 Å². The maximum absolute atomic E-state index is 13.5. The van der Waals surface area contributed by atoms with Crippen LogP contribution in [-0.4, -0.2) is 18.9 Å². The van der Waals surface area contributed by atoms with Crippen molar-refractivity contribution in [1.82, 2.24) is 0 Å². The number of benzene rings is 3. The van der Waals surface area contributed by atoms with Crippen molar-refractivity contribution in [2.24, 2.45) is 0 Å². The Balaban J connectivity index is 1.84. The van der Waals surface area contributed by atoms with Crippen LogP contribution in [0.5, 0.6) is 5.75 Å². The standard InChI is InChI=1S/C25H21ClN2O3/c1-15-7-8-16(2)21(13-15)28-24(29)22(17-9-11-18(26)12-10-17)23(25(28)30)27-19-5-4-6-20(14-19)31-3/h4-14,27H,1-3H3. The number of halogens is 1. The molecule has 6 heteroatoms. The molecule has 3 aromatic carbocycles. The Hall–Kier alpha value is -3.57. The summed E-state index contributed by atoms with van der Waals surface area (Å²) in [6.45, 7) is 3.81. The highest BCUT2D eigenvalue weighted by atomic mass is 35.5. The van der Waals surface area contributed by atoms with E-state index in [-0.39, 0.29) is 11.6 Å². The minimum Gasteiger partial charge on any atom is -0.497 e. The molecule has 0 fully saturated rings. The van der Waals surface area contributed by atoms with E-state index < -0.39 is 5.91 Å². The fraction of sp³-hybridized carbons (Fsp3) is 0.120. The Bertz CT molecular complexity index is 1220. The Kier molecular flexibility index (Phi) is 5.53. The van der Waals surface area contributed by atoms with Crippen molar-refractivity contribution < 1.29 is 14.3 Å². The largest absolute Gasteiger partial charge is 0.497 e. The van der Waals surface area contributed by atoms with Crippen molar-refractivity contribution in [2.75, 3.05) is 17.3 Å². The van der Waals surface area contributed by atoms with Gasteiger partial charge in [-0.15, -0.1) is 0 Å². The van der Waals surface area contributed by atoms with Gasteiger partial charge in [-0.2, -0.15) is 0 Å². The first kappa shape index (κ1) is 20.7. The molecule has 2 amide bonds. The molecule has 0 radical (unpaired) electrons. The van der Waals surface area contributed by atoms with Crippen molar-refractivity contribution >= 4 is 40.4 Å². The van der Waals surface area contributed by atoms with Crippen LogP contribution in [0.3, 0.4) is 0 Å². The molecule has 5 nitrogen and oxygen atoms in total. The average molecular weight is 433 g/mol. The van der Waals surface area contributed by atoms with Gasteiger partial charge in [-0.25, -0.2) is 4.90 Å². The summed E-state index contributed by atoms with van der Waals surface area (Å²) >= 11 is 6.04. The first-order valence-corrected chi connectivity index (χ1v) is 10.1. The van der Waals surface area contributed by atoms with Crippen LogP contribution in [0.15, 0.2) is 72.4 Å². The van der Waals surface area contributed by atoms with Gasteiger partial charge in [0, 0.05) is 16.8 Å². The molecule has 3 aromatic rings. The molecule has 1 aliphatic rings. The lowest BCUT2D eigenvalue weighted by molar-refractivity contribution is -0.120. The van der Waals surface area contributed by atoms with E-state index in [2.05, 4.69) is 5.32 Å². The second-order valence-corrected chi connectivity index (χ2v) is 7.79. The summed E-state index contributed by atoms with van der Waals surface area (Å²) in [5.41, 5.74) is 4.13. The van der Waals surface area contributed by atoms with E-state index in [0.29, 0.717) is 33.3 Å². The molecule has 0 saturated carbocycles. The highest BCUT2D eigenvalue weighted by Gasteiger charge is 2.40. The summed E-state index contributed by atoms with van der Waals surface area (Å²) in [6.07, 6.45) is 0. The predicted octanol–water partition coefficient (Wildman–Crippen LogP) is 5.36. The summed E-state index contributed by atoms with van der Waals surface area (Å²) in [5, 5.41) is 3.70. The SMILES string of the molecule is COc1cccc(NC2=C(c3ccc(Cl)cc3)C(=O)N(c3cc(C)ccc3C)C2=O)c1. The van der Waals surface area contributed by atoms with E-state index in [9.17, 15) is 9.59 Å². The van der Waals surface area contributed by atoms with Gasteiger partial charge in [0.05, 0.1) is 18.4 Å². The molecule has 0 aliphatic carbocycles. The summed E-state index contributed by atoms with van der Waals surface area (Å²) in [4.78, 5) is 28.3. The molecule has 0 unspecified atom stereocenters. The first-order chi connectivity index (χ1) is 14.9. The minimum absolute atomic E-state index is 0.210. The number of carbonyl (C=O) groups excluding carboxylic acids is 2. The number of aryl methyl sites for hydroxylation is 2. The number of hydrogen-bond acceptors (Lipinski definition) is 4. The van der Waals surface area contributed by atoms with E-state index in [4.69, 9.17) is 16.3 Å². The molecule has 0 aromatic heterocycles. The predicted molar refractivity (Wildman–Crippen MR) is 123 cm³/mol. The molecule has 4 rings (SSSR count). The van der Waals surface area contributed by atoms with Crippen LogP contribution in [0.4, 0.5) is 11.4 Å². The number of ether oxygens (including phenoxy) is 1. The third-order valence-corrected chi connectivity index (χ3v) is 5.41. The number of anilines is 2. The van der Waals surface area contributed by atoms with Crippen molar-refractivity contribution in [3.8, 4) is 5.75 Å². The Labute approximate surface area is 185 Å². The maximum Gasteiger partial charge on any atom is 0.282 e. The number of methoxy groups -OCH3 is 1. The van der Waals surface area contributed by atoms with Crippen LogP contribution >= 0.6 is 11.6 Å². The quantitative estimate of drug-likeness (QED) is 0.551. The molecule has 156 valence electrons. The highest BCUT2D eigenvalue weighted by molar-refractivity contribution is 6.46. The fourth-order valence-corrected chi connectivity index (χ4v) is 3.68. The van der Waals surface area contributed by atoms with Gasteiger partial charge in [0.2, 0.25) is 0 Å². The molecule has 1 N–H and O–H groups in total. The summed E-state index contributed by atoms with van der Waals surface area (Å²) in [5.74, 6) is -0.153. The monoisotopic (exact) mass is 432 g/mol. The van der Waals surface area contributed by atoms with Gasteiger partial charge in [-0.1, -0.05) is 41.9 Å². The summed E-state index contributed by atoms with van der Waals surface area (Å²) in [6, 6.07) is 19.8. The van der Waals surface area contributed by atoms with Crippen molar-refractivity contribution in [3.05, 3.63) is 94.1 Å². The van der Waals surface area contributed by atoms with Crippen molar-refractivity contribution in [1.29, 1.82) is 0 Å². The fourth-order valence-electron chi connectivity index (χ4n) is 3.55. The molecule has 0 saturated heterocycles. The van der Waals surface area contributed by atoms with E-state index in [0.717, 1.165) is 11.1 Å². The molecule has 0 atom stereocenters. The van der Waals surface area contributed by atoms with Gasteiger partial charge in [0.15, 0.2) is 0 Å². The number of nitrogens with zero attached hydrogens (tertiary/aromatic N) is 1. The molecule has 0 bridgehead atoms. The molecule has 0 spiro atoms. The lowest BCUT2D eigenvalue weighted by Crippen LogP contribution is -2.33. The average Bonchev–Trinajstić information content (AvgIpc) is 3.00. The smallest absolute Gasteiger partial charge is 0.282 e. The minimum atomic E-state index is -0.411. The van der Waals surface area contributed by atoms with Crippen LogP contribution < -0.4 is 15.0 Å². The van der Waals surface area contributed by atoms with Crippen LogP contribution in [0.2, 0.25) is 5.02 Å². The molecular weight excluding hydrogens is 412 g/mol. The second-order valence-electron chi connectivity index (χ2n) is 7.35. The number of nitrogens with one attached hydrogen (secondary N) is 1. The zero-order valence-electron chi connectivity index (χ0n) is 17.4. The maximum atomic E-state index is 13.5. The topological polar surface area (TPSA) is 58.6 Å². The summed E-state index contributed by atoms with van der Waals surface area (Å²) in [7, 11) is 1.57. The summed E-state index contributed by atoms with van der Waals surface area (Å²) < 4.78 is 5.28. The second kappa shape index (κ2) is 8.28. The molecule has 1 heterocycles. The van der Waals surface area contributed by atoms with Gasteiger partial charge in [0.1, 0.15) is 11.4 Å². The molecule has 1 aliphatic heterocycles. The number of hydrogen-bond donors (Lipinski definition) is 1. The third-order valence-electron chi connectivity index (χ3n) is 5.16. The lowest BCUT2D eigenvalue weighted by Gasteiger charge is -2.18. The van der Waals surface area contributed by atoms with Crippen LogP contribution in [0.1, 0.15) is 16.7 Å². The van der Waals surface area contributed by atoms with Crippen LogP contribution in [-0.2, 0) is 9.59 Å². The lowest BCUT2D eigenvalue weighted by atomic mass is 10.0. The van der Waals surface area contributed by atoms with Crippen LogP contribution in [0, 0.1) is 13.8 Å². The van der Waals surface area contributed by atoms with E-state index in [1.165, 1.54) is 4.90 Å². The molecular formula is C25H21ClN2O3. The third kappa shape index (κ3) is 3.92. The zero-order chi connectivity index (χ0) is 22.1. The van der Waals surface area contributed by atoms with Gasteiger partial charge in [-0.3, -0.25) is 9.59 Å². The first-order valence-electron chi connectivity index (χ1n) is 9.76. The number of amides is 2. The number of imide groups is 1. The van der Waals surface area contributed by atoms with Gasteiger partial charge >= 0.3 is 0 Å². The number of rotatable bonds is 5. The highest BCUT2D eigenvalue weighted by Crippen LogP contribution is 2.36. The van der Waals surface area contributed by atoms with E-state index in [1.807, 2.05) is 50.2 Å².